The fourth-order valence-corrected chi connectivity index (χ4v) is 3.28. The second kappa shape index (κ2) is 6.90. The summed E-state index contributed by atoms with van der Waals surface area (Å²) in [5.41, 5.74) is 5.96. The third-order valence-corrected chi connectivity index (χ3v) is 4.32. The summed E-state index contributed by atoms with van der Waals surface area (Å²) in [6.07, 6.45) is 0.843. The molecule has 1 heterocycles. The zero-order valence-electron chi connectivity index (χ0n) is 14.5. The molecular formula is C19H19F2NO4. The highest BCUT2D eigenvalue weighted by molar-refractivity contribution is 6.03. The molecule has 138 valence electrons. The van der Waals surface area contributed by atoms with Crippen LogP contribution < -0.4 is 5.73 Å². The molecule has 0 spiro atoms. The van der Waals surface area contributed by atoms with E-state index in [-0.39, 0.29) is 34.8 Å². The molecule has 0 aromatic heterocycles. The molecule has 1 atom stereocenters. The molecule has 1 aromatic carbocycles. The lowest BCUT2D eigenvalue weighted by molar-refractivity contribution is -0.143. The number of Topliss-reactive ketones (excluding diaryl/α,β-unsaturated/α-hetero) is 1. The van der Waals surface area contributed by atoms with Crippen molar-refractivity contribution in [3.8, 4) is 0 Å². The average molecular weight is 363 g/mol. The number of ether oxygens (including phenoxy) is 2. The summed E-state index contributed by atoms with van der Waals surface area (Å²) in [6, 6.07) is 2.99. The number of carbonyl (C=O) groups is 2. The Kier molecular flexibility index (Phi) is 4.80. The van der Waals surface area contributed by atoms with Crippen molar-refractivity contribution in [2.24, 2.45) is 5.73 Å². The molecule has 26 heavy (non-hydrogen) atoms. The van der Waals surface area contributed by atoms with Crippen LogP contribution in [0, 0.1) is 11.6 Å². The van der Waals surface area contributed by atoms with Gasteiger partial charge in [-0.1, -0.05) is 6.07 Å². The summed E-state index contributed by atoms with van der Waals surface area (Å²) in [5, 5.41) is 0. The van der Waals surface area contributed by atoms with E-state index in [1.165, 1.54) is 6.07 Å². The summed E-state index contributed by atoms with van der Waals surface area (Å²) >= 11 is 0. The van der Waals surface area contributed by atoms with Gasteiger partial charge in [0.2, 0.25) is 5.88 Å². The minimum Gasteiger partial charge on any atom is -0.459 e. The summed E-state index contributed by atoms with van der Waals surface area (Å²) in [5.74, 6) is -3.65. The lowest BCUT2D eigenvalue weighted by atomic mass is 9.77. The van der Waals surface area contributed by atoms with E-state index in [2.05, 4.69) is 0 Å². The van der Waals surface area contributed by atoms with Gasteiger partial charge in [-0.25, -0.2) is 13.6 Å². The Morgan fingerprint density at radius 1 is 1.31 bits per heavy atom. The number of allylic oxidation sites excluding steroid dienone is 2. The number of hydrogen-bond acceptors (Lipinski definition) is 5. The van der Waals surface area contributed by atoms with Gasteiger partial charge in [0.15, 0.2) is 5.78 Å². The minimum atomic E-state index is -1.08. The average Bonchev–Trinajstić information content (AvgIpc) is 2.53. The Balaban J connectivity index is 2.18. The predicted molar refractivity (Wildman–Crippen MR) is 88.5 cm³/mol. The van der Waals surface area contributed by atoms with E-state index in [9.17, 15) is 18.4 Å². The van der Waals surface area contributed by atoms with Crippen molar-refractivity contribution in [1.82, 2.24) is 0 Å². The van der Waals surface area contributed by atoms with Crippen LogP contribution in [0.1, 0.15) is 44.6 Å². The predicted octanol–water partition coefficient (Wildman–Crippen LogP) is 3.21. The molecule has 0 amide bonds. The topological polar surface area (TPSA) is 78.6 Å². The van der Waals surface area contributed by atoms with Gasteiger partial charge in [0, 0.05) is 30.0 Å². The largest absolute Gasteiger partial charge is 0.459 e. The molecule has 3 rings (SSSR count). The second-order valence-electron chi connectivity index (χ2n) is 6.55. The van der Waals surface area contributed by atoms with Crippen LogP contribution in [-0.2, 0) is 19.1 Å². The minimum absolute atomic E-state index is 0.0175. The number of benzene rings is 1. The van der Waals surface area contributed by atoms with Crippen LogP contribution in [0.4, 0.5) is 8.78 Å². The van der Waals surface area contributed by atoms with E-state index in [0.29, 0.717) is 24.7 Å². The van der Waals surface area contributed by atoms with Gasteiger partial charge >= 0.3 is 5.97 Å². The van der Waals surface area contributed by atoms with Crippen LogP contribution in [-0.4, -0.2) is 17.9 Å². The number of halogens is 2. The maximum absolute atomic E-state index is 14.5. The first-order valence-corrected chi connectivity index (χ1v) is 8.39. The molecule has 1 unspecified atom stereocenters. The molecule has 0 fully saturated rings. The quantitative estimate of drug-likeness (QED) is 0.835. The number of rotatable bonds is 3. The number of carbonyl (C=O) groups excluding carboxylic acids is 2. The van der Waals surface area contributed by atoms with Crippen LogP contribution in [0.25, 0.3) is 0 Å². The van der Waals surface area contributed by atoms with Gasteiger partial charge in [-0.05, 0) is 26.3 Å². The van der Waals surface area contributed by atoms with Crippen molar-refractivity contribution >= 4 is 11.8 Å². The lowest BCUT2D eigenvalue weighted by Crippen LogP contribution is -2.32. The summed E-state index contributed by atoms with van der Waals surface area (Å²) < 4.78 is 38.6. The summed E-state index contributed by atoms with van der Waals surface area (Å²) in [6.45, 7) is 3.31. The number of hydrogen-bond donors (Lipinski definition) is 1. The van der Waals surface area contributed by atoms with E-state index < -0.39 is 29.6 Å². The Labute approximate surface area is 149 Å². The highest BCUT2D eigenvalue weighted by atomic mass is 19.1. The fourth-order valence-electron chi connectivity index (χ4n) is 3.28. The molecule has 7 heteroatoms. The maximum atomic E-state index is 14.5. The standard InChI is InChI=1S/C19H19F2NO4/c1-9(2)25-19(24)17-15(11-7-6-10(20)8-12(11)21)16-13(23)4-3-5-14(16)26-18(17)22/h6-9,15H,3-5,22H2,1-2H3. The zero-order chi connectivity index (χ0) is 19.0. The Bertz CT molecular complexity index is 842. The van der Waals surface area contributed by atoms with Crippen molar-refractivity contribution in [1.29, 1.82) is 0 Å². The molecule has 0 bridgehead atoms. The Hall–Kier alpha value is -2.70. The van der Waals surface area contributed by atoms with Gasteiger partial charge in [-0.3, -0.25) is 4.79 Å². The second-order valence-corrected chi connectivity index (χ2v) is 6.55. The molecule has 0 radical (unpaired) electrons. The molecular weight excluding hydrogens is 344 g/mol. The smallest absolute Gasteiger partial charge is 0.340 e. The molecule has 2 N–H and O–H groups in total. The number of esters is 1. The highest BCUT2D eigenvalue weighted by Crippen LogP contribution is 2.44. The third-order valence-electron chi connectivity index (χ3n) is 4.32. The van der Waals surface area contributed by atoms with E-state index in [1.54, 1.807) is 13.8 Å². The van der Waals surface area contributed by atoms with Crippen LogP contribution >= 0.6 is 0 Å². The molecule has 0 saturated heterocycles. The first-order valence-electron chi connectivity index (χ1n) is 8.39. The van der Waals surface area contributed by atoms with Crippen LogP contribution in [0.5, 0.6) is 0 Å². The summed E-state index contributed by atoms with van der Waals surface area (Å²) in [4.78, 5) is 25.1. The van der Waals surface area contributed by atoms with Gasteiger partial charge in [-0.15, -0.1) is 0 Å². The molecule has 1 aromatic rings. The molecule has 0 saturated carbocycles. The first-order chi connectivity index (χ1) is 12.3. The van der Waals surface area contributed by atoms with Crippen LogP contribution in [0.15, 0.2) is 41.0 Å². The Morgan fingerprint density at radius 2 is 2.04 bits per heavy atom. The zero-order valence-corrected chi connectivity index (χ0v) is 14.5. The summed E-state index contributed by atoms with van der Waals surface area (Å²) in [7, 11) is 0. The van der Waals surface area contributed by atoms with Crippen molar-refractivity contribution in [2.45, 2.75) is 45.1 Å². The van der Waals surface area contributed by atoms with E-state index in [1.807, 2.05) is 0 Å². The van der Waals surface area contributed by atoms with Crippen LogP contribution in [0.2, 0.25) is 0 Å². The maximum Gasteiger partial charge on any atom is 0.340 e. The van der Waals surface area contributed by atoms with Gasteiger partial charge in [-0.2, -0.15) is 0 Å². The first kappa shape index (κ1) is 18.1. The number of nitrogens with two attached hydrogens (primary N) is 1. The normalized spacial score (nSPS) is 20.2. The lowest BCUT2D eigenvalue weighted by Gasteiger charge is -2.32. The monoisotopic (exact) mass is 363 g/mol. The van der Waals surface area contributed by atoms with Crippen molar-refractivity contribution < 1.29 is 27.8 Å². The molecule has 5 nitrogen and oxygen atoms in total. The number of ketones is 1. The van der Waals surface area contributed by atoms with Gasteiger partial charge in [0.1, 0.15) is 23.0 Å². The van der Waals surface area contributed by atoms with Crippen LogP contribution in [0.3, 0.4) is 0 Å². The molecule has 1 aliphatic heterocycles. The van der Waals surface area contributed by atoms with Gasteiger partial charge in [0.05, 0.1) is 12.0 Å². The van der Waals surface area contributed by atoms with E-state index in [0.717, 1.165) is 6.07 Å². The van der Waals surface area contributed by atoms with E-state index >= 15 is 0 Å². The van der Waals surface area contributed by atoms with Gasteiger partial charge in [0.25, 0.3) is 0 Å². The van der Waals surface area contributed by atoms with Crippen molar-refractivity contribution in [2.75, 3.05) is 0 Å². The SMILES string of the molecule is CC(C)OC(=O)C1=C(N)OC2=C(C(=O)CCC2)C1c1ccc(F)cc1F. The van der Waals surface area contributed by atoms with Crippen molar-refractivity contribution in [3.63, 3.8) is 0 Å². The van der Waals surface area contributed by atoms with Crippen molar-refractivity contribution in [3.05, 3.63) is 58.2 Å². The fraction of sp³-hybridized carbons (Fsp3) is 0.368. The third kappa shape index (κ3) is 3.21. The van der Waals surface area contributed by atoms with Gasteiger partial charge < -0.3 is 15.2 Å². The van der Waals surface area contributed by atoms with E-state index in [4.69, 9.17) is 15.2 Å². The Morgan fingerprint density at radius 3 is 2.69 bits per heavy atom. The highest BCUT2D eigenvalue weighted by Gasteiger charge is 2.42. The molecule has 1 aliphatic carbocycles. The molecule has 2 aliphatic rings.